The Bertz CT molecular complexity index is 1320. The number of hydrogen-bond donors (Lipinski definition) is 2. The van der Waals surface area contributed by atoms with Gasteiger partial charge >= 0.3 is 6.03 Å². The number of ether oxygens (including phenoxy) is 1. The summed E-state index contributed by atoms with van der Waals surface area (Å²) in [6.07, 6.45) is 5.08. The number of amides is 4. The summed E-state index contributed by atoms with van der Waals surface area (Å²) in [4.78, 5) is 39.9. The zero-order valence-corrected chi connectivity index (χ0v) is 22.2. The summed E-state index contributed by atoms with van der Waals surface area (Å²) in [6.45, 7) is 3.63. The van der Waals surface area contributed by atoms with Crippen LogP contribution in [0.25, 0.3) is 0 Å². The minimum absolute atomic E-state index is 0.0238. The van der Waals surface area contributed by atoms with E-state index >= 15 is 0 Å². The second-order valence-electron chi connectivity index (χ2n) is 10.1. The fraction of sp³-hybridized carbons (Fsp3) is 0.444. The summed E-state index contributed by atoms with van der Waals surface area (Å²) in [7, 11) is -2.57. The molecule has 4 rings (SSSR count). The van der Waals surface area contributed by atoms with Gasteiger partial charge in [-0.15, -0.1) is 0 Å². The molecule has 2 N–H and O–H groups in total. The number of hydrogen-bond acceptors (Lipinski definition) is 6. The second-order valence-corrected chi connectivity index (χ2v) is 11.8. The number of sulfonamides is 1. The number of methoxy groups -OCH3 is 1. The minimum atomic E-state index is -4.09. The number of urea groups is 1. The van der Waals surface area contributed by atoms with E-state index in [2.05, 4.69) is 10.0 Å². The van der Waals surface area contributed by atoms with Crippen molar-refractivity contribution in [2.24, 2.45) is 0 Å². The number of rotatable bonds is 7. The molecule has 1 heterocycles. The molecule has 1 aliphatic carbocycles. The molecule has 198 valence electrons. The maximum absolute atomic E-state index is 13.2. The standard InChI is InChI=1S/C27H33N3O6S/c1-27(2)23-13-12-20(36-3)17-22(23)24(31)30(25(27)32)15-14-18-8-7-11-21(16-18)37(34,35)29-26(33)28-19-9-5-4-6-10-19/h7-8,11-13,16-17,19H,4-6,9-10,14-15H2,1-3H3,(H2,28,29,33). The molecule has 4 amide bonds. The lowest BCUT2D eigenvalue weighted by Crippen LogP contribution is -2.52. The van der Waals surface area contributed by atoms with E-state index in [-0.39, 0.29) is 29.8 Å². The summed E-state index contributed by atoms with van der Waals surface area (Å²) in [5.41, 5.74) is 0.764. The molecule has 37 heavy (non-hydrogen) atoms. The number of nitrogens with one attached hydrogen (secondary N) is 2. The average Bonchev–Trinajstić information content (AvgIpc) is 2.87. The van der Waals surface area contributed by atoms with Crippen LogP contribution in [0.3, 0.4) is 0 Å². The maximum Gasteiger partial charge on any atom is 0.328 e. The van der Waals surface area contributed by atoms with Crippen molar-refractivity contribution in [2.75, 3.05) is 13.7 Å². The van der Waals surface area contributed by atoms with Gasteiger partial charge in [0.05, 0.1) is 17.4 Å². The van der Waals surface area contributed by atoms with E-state index in [1.807, 2.05) is 0 Å². The molecule has 0 aromatic heterocycles. The molecule has 0 saturated heterocycles. The van der Waals surface area contributed by atoms with E-state index in [1.54, 1.807) is 44.2 Å². The number of benzene rings is 2. The van der Waals surface area contributed by atoms with Gasteiger partial charge in [0.2, 0.25) is 5.91 Å². The molecule has 9 nitrogen and oxygen atoms in total. The second kappa shape index (κ2) is 10.5. The van der Waals surface area contributed by atoms with Gasteiger partial charge in [-0.2, -0.15) is 0 Å². The van der Waals surface area contributed by atoms with E-state index in [1.165, 1.54) is 24.1 Å². The van der Waals surface area contributed by atoms with Gasteiger partial charge in [-0.3, -0.25) is 14.5 Å². The average molecular weight is 528 g/mol. The van der Waals surface area contributed by atoms with Crippen LogP contribution in [0, 0.1) is 0 Å². The molecule has 10 heteroatoms. The van der Waals surface area contributed by atoms with Crippen LogP contribution in [-0.4, -0.2) is 50.9 Å². The van der Waals surface area contributed by atoms with Gasteiger partial charge in [-0.25, -0.2) is 17.9 Å². The molecule has 2 aromatic rings. The van der Waals surface area contributed by atoms with Gasteiger partial charge in [-0.1, -0.05) is 37.5 Å². The minimum Gasteiger partial charge on any atom is -0.497 e. The third-order valence-corrected chi connectivity index (χ3v) is 8.48. The van der Waals surface area contributed by atoms with Gasteiger partial charge in [0.25, 0.3) is 15.9 Å². The fourth-order valence-electron chi connectivity index (χ4n) is 5.02. The van der Waals surface area contributed by atoms with Crippen LogP contribution in [0.1, 0.15) is 67.4 Å². The van der Waals surface area contributed by atoms with Gasteiger partial charge in [0, 0.05) is 18.2 Å². The van der Waals surface area contributed by atoms with Crippen molar-refractivity contribution in [1.82, 2.24) is 14.9 Å². The number of nitrogens with zero attached hydrogens (tertiary/aromatic N) is 1. The van der Waals surface area contributed by atoms with E-state index in [9.17, 15) is 22.8 Å². The summed E-state index contributed by atoms with van der Waals surface area (Å²) >= 11 is 0. The number of carbonyl (C=O) groups is 3. The van der Waals surface area contributed by atoms with Crippen molar-refractivity contribution in [3.63, 3.8) is 0 Å². The molecule has 2 aromatic carbocycles. The van der Waals surface area contributed by atoms with E-state index in [0.29, 0.717) is 22.4 Å². The highest BCUT2D eigenvalue weighted by molar-refractivity contribution is 7.90. The highest BCUT2D eigenvalue weighted by atomic mass is 32.2. The predicted octanol–water partition coefficient (Wildman–Crippen LogP) is 3.52. The first kappa shape index (κ1) is 26.7. The Morgan fingerprint density at radius 1 is 1.08 bits per heavy atom. The molecule has 0 spiro atoms. The van der Waals surface area contributed by atoms with Gasteiger partial charge < -0.3 is 10.1 Å². The zero-order valence-electron chi connectivity index (χ0n) is 21.4. The molecule has 1 saturated carbocycles. The van der Waals surface area contributed by atoms with Crippen molar-refractivity contribution in [3.05, 3.63) is 59.2 Å². The SMILES string of the molecule is COc1ccc2c(c1)C(=O)N(CCc1cccc(S(=O)(=O)NC(=O)NC3CCCCC3)c1)C(=O)C2(C)C. The molecule has 0 radical (unpaired) electrons. The lowest BCUT2D eigenvalue weighted by atomic mass is 9.77. The van der Waals surface area contributed by atoms with Gasteiger partial charge in [0.1, 0.15) is 5.75 Å². The Morgan fingerprint density at radius 3 is 2.51 bits per heavy atom. The summed E-state index contributed by atoms with van der Waals surface area (Å²) < 4.78 is 33.0. The zero-order chi connectivity index (χ0) is 26.8. The first-order valence-electron chi connectivity index (χ1n) is 12.5. The van der Waals surface area contributed by atoms with Crippen molar-refractivity contribution < 1.29 is 27.5 Å². The monoisotopic (exact) mass is 527 g/mol. The topological polar surface area (TPSA) is 122 Å². The highest BCUT2D eigenvalue weighted by Crippen LogP contribution is 2.36. The Labute approximate surface area is 217 Å². The van der Waals surface area contributed by atoms with Crippen molar-refractivity contribution in [2.45, 2.75) is 68.7 Å². The van der Waals surface area contributed by atoms with Crippen LogP contribution in [0.2, 0.25) is 0 Å². The maximum atomic E-state index is 13.2. The van der Waals surface area contributed by atoms with Crippen molar-refractivity contribution in [1.29, 1.82) is 0 Å². The molecule has 2 aliphatic rings. The van der Waals surface area contributed by atoms with Crippen molar-refractivity contribution >= 4 is 27.9 Å². The quantitative estimate of drug-likeness (QED) is 0.532. The fourth-order valence-corrected chi connectivity index (χ4v) is 6.00. The number of carbonyl (C=O) groups excluding carboxylic acids is 3. The molecule has 0 bridgehead atoms. The Morgan fingerprint density at radius 2 is 1.81 bits per heavy atom. The molecular formula is C27H33N3O6S. The lowest BCUT2D eigenvalue weighted by Gasteiger charge is -2.37. The van der Waals surface area contributed by atoms with Gasteiger partial charge in [0.15, 0.2) is 0 Å². The van der Waals surface area contributed by atoms with Gasteiger partial charge in [-0.05, 0) is 68.5 Å². The first-order chi connectivity index (χ1) is 17.5. The Kier molecular flexibility index (Phi) is 7.59. The third kappa shape index (κ3) is 5.64. The van der Waals surface area contributed by atoms with E-state index in [4.69, 9.17) is 4.74 Å². The Hall–Kier alpha value is -3.40. The van der Waals surface area contributed by atoms with Crippen LogP contribution in [-0.2, 0) is 26.7 Å². The largest absolute Gasteiger partial charge is 0.497 e. The smallest absolute Gasteiger partial charge is 0.328 e. The summed E-state index contributed by atoms with van der Waals surface area (Å²) in [5.74, 6) is -0.210. The lowest BCUT2D eigenvalue weighted by molar-refractivity contribution is -0.134. The number of fused-ring (bicyclic) bond motifs is 1. The van der Waals surface area contributed by atoms with E-state index in [0.717, 1.165) is 32.1 Å². The normalized spacial score (nSPS) is 17.8. The van der Waals surface area contributed by atoms with E-state index < -0.39 is 27.4 Å². The third-order valence-electron chi connectivity index (χ3n) is 7.16. The van der Waals surface area contributed by atoms with Crippen LogP contribution in [0.4, 0.5) is 4.79 Å². The van der Waals surface area contributed by atoms with Crippen LogP contribution in [0.5, 0.6) is 5.75 Å². The van der Waals surface area contributed by atoms with Crippen molar-refractivity contribution in [3.8, 4) is 5.75 Å². The molecule has 0 unspecified atom stereocenters. The molecule has 1 fully saturated rings. The molecule has 0 atom stereocenters. The Balaban J connectivity index is 1.46. The molecule has 1 aliphatic heterocycles. The summed E-state index contributed by atoms with van der Waals surface area (Å²) in [5, 5.41) is 2.74. The number of imide groups is 1. The van der Waals surface area contributed by atoms with Crippen LogP contribution < -0.4 is 14.8 Å². The van der Waals surface area contributed by atoms with Crippen LogP contribution >= 0.6 is 0 Å². The summed E-state index contributed by atoms with van der Waals surface area (Å²) in [6, 6.07) is 10.5. The van der Waals surface area contributed by atoms with Crippen LogP contribution in [0.15, 0.2) is 47.4 Å². The first-order valence-corrected chi connectivity index (χ1v) is 14.0. The predicted molar refractivity (Wildman–Crippen MR) is 138 cm³/mol. The highest BCUT2D eigenvalue weighted by Gasteiger charge is 2.44. The molecular weight excluding hydrogens is 494 g/mol.